The molecular formula is C17H23ClN2O4. The number of halogens is 1. The fourth-order valence-electron chi connectivity index (χ4n) is 2.64. The first-order valence-electron chi connectivity index (χ1n) is 7.93. The zero-order chi connectivity index (χ0) is 17.5. The SMILES string of the molecule is COCCOCCN1C(=O)CN(Cc2ccccc2Cl)C(=O)[C@@H]1C. The largest absolute Gasteiger partial charge is 0.382 e. The van der Waals surface area contributed by atoms with Crippen LogP contribution >= 0.6 is 11.6 Å². The predicted octanol–water partition coefficient (Wildman–Crippen LogP) is 1.56. The van der Waals surface area contributed by atoms with Crippen LogP contribution in [0.5, 0.6) is 0 Å². The van der Waals surface area contributed by atoms with Crippen molar-refractivity contribution in [1.82, 2.24) is 9.80 Å². The van der Waals surface area contributed by atoms with Crippen LogP contribution < -0.4 is 0 Å². The van der Waals surface area contributed by atoms with Crippen molar-refractivity contribution in [2.75, 3.05) is 40.0 Å². The van der Waals surface area contributed by atoms with Crippen LogP contribution in [0.25, 0.3) is 0 Å². The summed E-state index contributed by atoms with van der Waals surface area (Å²) in [6.07, 6.45) is 0. The average molecular weight is 355 g/mol. The average Bonchev–Trinajstić information content (AvgIpc) is 2.57. The summed E-state index contributed by atoms with van der Waals surface area (Å²) in [7, 11) is 1.60. The van der Waals surface area contributed by atoms with Gasteiger partial charge in [0.15, 0.2) is 0 Å². The molecule has 1 aliphatic rings. The van der Waals surface area contributed by atoms with Crippen molar-refractivity contribution in [3.63, 3.8) is 0 Å². The van der Waals surface area contributed by atoms with E-state index in [2.05, 4.69) is 0 Å². The smallest absolute Gasteiger partial charge is 0.245 e. The van der Waals surface area contributed by atoms with Gasteiger partial charge in [0.25, 0.3) is 0 Å². The maximum absolute atomic E-state index is 12.6. The van der Waals surface area contributed by atoms with E-state index in [0.717, 1.165) is 5.56 Å². The Labute approximate surface area is 147 Å². The van der Waals surface area contributed by atoms with Crippen LogP contribution in [0.4, 0.5) is 0 Å². The van der Waals surface area contributed by atoms with Crippen LogP contribution in [0.15, 0.2) is 24.3 Å². The van der Waals surface area contributed by atoms with Gasteiger partial charge in [0, 0.05) is 25.2 Å². The number of benzene rings is 1. The molecule has 0 spiro atoms. The third kappa shape index (κ3) is 4.69. The molecule has 1 saturated heterocycles. The second-order valence-corrected chi connectivity index (χ2v) is 6.06. The van der Waals surface area contributed by atoms with Gasteiger partial charge >= 0.3 is 0 Å². The Morgan fingerprint density at radius 2 is 1.96 bits per heavy atom. The number of piperazine rings is 1. The molecule has 6 nitrogen and oxygen atoms in total. The number of hydrogen-bond donors (Lipinski definition) is 0. The van der Waals surface area contributed by atoms with Crippen LogP contribution in [0.2, 0.25) is 5.02 Å². The van der Waals surface area contributed by atoms with E-state index in [1.165, 1.54) is 0 Å². The van der Waals surface area contributed by atoms with E-state index in [0.29, 0.717) is 37.9 Å². The molecule has 2 amide bonds. The zero-order valence-electron chi connectivity index (χ0n) is 14.0. The van der Waals surface area contributed by atoms with Crippen molar-refractivity contribution in [3.8, 4) is 0 Å². The van der Waals surface area contributed by atoms with E-state index in [9.17, 15) is 9.59 Å². The second kappa shape index (κ2) is 9.01. The molecule has 0 unspecified atom stereocenters. The van der Waals surface area contributed by atoms with E-state index in [1.54, 1.807) is 29.9 Å². The first kappa shape index (κ1) is 18.7. The van der Waals surface area contributed by atoms with Gasteiger partial charge in [0.1, 0.15) is 12.6 Å². The van der Waals surface area contributed by atoms with Crippen LogP contribution in [0.3, 0.4) is 0 Å². The van der Waals surface area contributed by atoms with Crippen LogP contribution in [-0.2, 0) is 25.6 Å². The molecule has 1 aromatic carbocycles. The number of methoxy groups -OCH3 is 1. The normalized spacial score (nSPS) is 18.4. The molecule has 1 atom stereocenters. The van der Waals surface area contributed by atoms with Gasteiger partial charge in [0.05, 0.1) is 19.8 Å². The number of hydrogen-bond acceptors (Lipinski definition) is 4. The molecule has 0 aromatic heterocycles. The lowest BCUT2D eigenvalue weighted by Crippen LogP contribution is -2.59. The maximum atomic E-state index is 12.6. The molecule has 0 aliphatic carbocycles. The molecule has 0 N–H and O–H groups in total. The summed E-state index contributed by atoms with van der Waals surface area (Å²) < 4.78 is 10.3. The van der Waals surface area contributed by atoms with Gasteiger partial charge in [-0.05, 0) is 18.6 Å². The highest BCUT2D eigenvalue weighted by atomic mass is 35.5. The fourth-order valence-corrected chi connectivity index (χ4v) is 2.83. The number of amides is 2. The quantitative estimate of drug-likeness (QED) is 0.665. The fraction of sp³-hybridized carbons (Fsp3) is 0.529. The lowest BCUT2D eigenvalue weighted by atomic mass is 10.1. The van der Waals surface area contributed by atoms with Gasteiger partial charge in [-0.15, -0.1) is 0 Å². The molecule has 1 fully saturated rings. The third-order valence-corrected chi connectivity index (χ3v) is 4.38. The van der Waals surface area contributed by atoms with Crippen LogP contribution in [-0.4, -0.2) is 67.7 Å². The summed E-state index contributed by atoms with van der Waals surface area (Å²) in [4.78, 5) is 28.1. The number of carbonyl (C=O) groups is 2. The Morgan fingerprint density at radius 1 is 1.21 bits per heavy atom. The highest BCUT2D eigenvalue weighted by molar-refractivity contribution is 6.31. The highest BCUT2D eigenvalue weighted by Gasteiger charge is 2.36. The minimum Gasteiger partial charge on any atom is -0.382 e. The lowest BCUT2D eigenvalue weighted by molar-refractivity contribution is -0.156. The number of rotatable bonds is 8. The Balaban J connectivity index is 1.92. The Kier molecular flexibility index (Phi) is 7.02. The summed E-state index contributed by atoms with van der Waals surface area (Å²) in [5.41, 5.74) is 0.837. The van der Waals surface area contributed by atoms with Crippen LogP contribution in [0, 0.1) is 0 Å². The Morgan fingerprint density at radius 3 is 2.67 bits per heavy atom. The minimum absolute atomic E-state index is 0.0620. The van der Waals surface area contributed by atoms with Crippen molar-refractivity contribution in [2.24, 2.45) is 0 Å². The summed E-state index contributed by atoms with van der Waals surface area (Å²) in [6.45, 7) is 3.91. The number of ether oxygens (including phenoxy) is 2. The van der Waals surface area contributed by atoms with Crippen molar-refractivity contribution in [1.29, 1.82) is 0 Å². The molecule has 24 heavy (non-hydrogen) atoms. The summed E-state index contributed by atoms with van der Waals surface area (Å²) in [6, 6.07) is 6.84. The van der Waals surface area contributed by atoms with Gasteiger partial charge in [-0.3, -0.25) is 9.59 Å². The van der Waals surface area contributed by atoms with Crippen molar-refractivity contribution in [2.45, 2.75) is 19.5 Å². The highest BCUT2D eigenvalue weighted by Crippen LogP contribution is 2.20. The summed E-state index contributed by atoms with van der Waals surface area (Å²) in [5.74, 6) is -0.157. The first-order valence-corrected chi connectivity index (χ1v) is 8.30. The van der Waals surface area contributed by atoms with E-state index in [1.807, 2.05) is 18.2 Å². The topological polar surface area (TPSA) is 59.1 Å². The van der Waals surface area contributed by atoms with Gasteiger partial charge in [-0.2, -0.15) is 0 Å². The van der Waals surface area contributed by atoms with Crippen molar-refractivity contribution < 1.29 is 19.1 Å². The Hall–Kier alpha value is -1.63. The molecule has 1 aliphatic heterocycles. The second-order valence-electron chi connectivity index (χ2n) is 5.65. The predicted molar refractivity (Wildman–Crippen MR) is 90.7 cm³/mol. The molecule has 7 heteroatoms. The standard InChI is InChI=1S/C17H23ClN2O4/c1-13-17(22)19(11-14-5-3-4-6-15(14)18)12-16(21)20(13)7-8-24-10-9-23-2/h3-6,13H,7-12H2,1-2H3/t13-/m0/s1. The number of carbonyl (C=O) groups excluding carboxylic acids is 2. The molecule has 0 bridgehead atoms. The van der Waals surface area contributed by atoms with Gasteiger partial charge in [-0.1, -0.05) is 29.8 Å². The lowest BCUT2D eigenvalue weighted by Gasteiger charge is -2.38. The first-order chi connectivity index (χ1) is 11.5. The van der Waals surface area contributed by atoms with E-state index < -0.39 is 6.04 Å². The van der Waals surface area contributed by atoms with E-state index >= 15 is 0 Å². The van der Waals surface area contributed by atoms with Gasteiger partial charge in [-0.25, -0.2) is 0 Å². The molecule has 1 heterocycles. The van der Waals surface area contributed by atoms with Gasteiger partial charge in [0.2, 0.25) is 11.8 Å². The Bertz CT molecular complexity index is 581. The van der Waals surface area contributed by atoms with Crippen molar-refractivity contribution in [3.05, 3.63) is 34.9 Å². The summed E-state index contributed by atoms with van der Waals surface area (Å²) >= 11 is 6.14. The molecule has 1 aromatic rings. The molecule has 0 saturated carbocycles. The number of nitrogens with zero attached hydrogens (tertiary/aromatic N) is 2. The monoisotopic (exact) mass is 354 g/mol. The minimum atomic E-state index is -0.500. The molecule has 132 valence electrons. The molecule has 2 rings (SSSR count). The van der Waals surface area contributed by atoms with E-state index in [-0.39, 0.29) is 18.4 Å². The van der Waals surface area contributed by atoms with Crippen molar-refractivity contribution >= 4 is 23.4 Å². The summed E-state index contributed by atoms with van der Waals surface area (Å²) in [5, 5.41) is 0.597. The molecule has 0 radical (unpaired) electrons. The van der Waals surface area contributed by atoms with E-state index in [4.69, 9.17) is 21.1 Å². The maximum Gasteiger partial charge on any atom is 0.245 e. The van der Waals surface area contributed by atoms with Crippen LogP contribution in [0.1, 0.15) is 12.5 Å². The molecular weight excluding hydrogens is 332 g/mol. The zero-order valence-corrected chi connectivity index (χ0v) is 14.8. The van der Waals surface area contributed by atoms with Gasteiger partial charge < -0.3 is 19.3 Å². The third-order valence-electron chi connectivity index (χ3n) is 4.01.